The van der Waals surface area contributed by atoms with Crippen molar-refractivity contribution in [3.05, 3.63) is 16.3 Å². The van der Waals surface area contributed by atoms with E-state index in [-0.39, 0.29) is 11.8 Å². The van der Waals surface area contributed by atoms with Crippen molar-refractivity contribution in [1.82, 2.24) is 0 Å². The molecular formula is C12H16N2O3S. The number of thiophene rings is 1. The summed E-state index contributed by atoms with van der Waals surface area (Å²) in [5.41, 5.74) is 6.22. The van der Waals surface area contributed by atoms with Crippen molar-refractivity contribution >= 4 is 28.9 Å². The Labute approximate surface area is 109 Å². The number of aromatic carboxylic acids is 1. The average Bonchev–Trinajstić information content (AvgIpc) is 2.78. The number of anilines is 1. The van der Waals surface area contributed by atoms with Crippen molar-refractivity contribution in [2.24, 2.45) is 11.7 Å². The Kier molecular flexibility index (Phi) is 3.56. The van der Waals surface area contributed by atoms with Crippen molar-refractivity contribution in [3.63, 3.8) is 0 Å². The van der Waals surface area contributed by atoms with Crippen molar-refractivity contribution in [3.8, 4) is 0 Å². The van der Waals surface area contributed by atoms with Gasteiger partial charge in [-0.1, -0.05) is 0 Å². The van der Waals surface area contributed by atoms with Crippen LogP contribution in [0.5, 0.6) is 0 Å². The van der Waals surface area contributed by atoms with E-state index in [4.69, 9.17) is 10.8 Å². The molecule has 1 fully saturated rings. The second-order valence-electron chi connectivity index (χ2n) is 4.65. The number of carboxylic acids is 1. The third-order valence-corrected chi connectivity index (χ3v) is 4.32. The number of nitrogens with two attached hydrogens (primary N) is 1. The van der Waals surface area contributed by atoms with Gasteiger partial charge in [-0.25, -0.2) is 4.79 Å². The first kappa shape index (κ1) is 12.9. The minimum Gasteiger partial charge on any atom is -0.477 e. The first-order chi connectivity index (χ1) is 8.49. The summed E-state index contributed by atoms with van der Waals surface area (Å²) in [6.07, 6.45) is 1.70. The second kappa shape index (κ2) is 4.97. The maximum atomic E-state index is 11.3. The summed E-state index contributed by atoms with van der Waals surface area (Å²) in [6, 6.07) is 1.96. The van der Waals surface area contributed by atoms with E-state index in [0.717, 1.165) is 18.5 Å². The van der Waals surface area contributed by atoms with Gasteiger partial charge in [-0.15, -0.1) is 11.3 Å². The van der Waals surface area contributed by atoms with E-state index in [2.05, 4.69) is 11.8 Å². The molecule has 2 rings (SSSR count). The molecule has 2 unspecified atom stereocenters. The number of rotatable bonds is 3. The van der Waals surface area contributed by atoms with Crippen LogP contribution in [0, 0.1) is 5.92 Å². The molecule has 1 aliphatic rings. The Morgan fingerprint density at radius 1 is 1.50 bits per heavy atom. The minimum atomic E-state index is -0.914. The van der Waals surface area contributed by atoms with Crippen LogP contribution in [0.2, 0.25) is 0 Å². The standard InChI is InChI=1S/C12H16N2O3S/c1-7-2-3-8(11(13)15)5-14(7)9-4-10(12(16)17)18-6-9/h4,6-8H,2-3,5H2,1H3,(H2,13,15)(H,16,17). The summed E-state index contributed by atoms with van der Waals surface area (Å²) in [5.74, 6) is -1.34. The Balaban J connectivity index is 2.18. The van der Waals surface area contributed by atoms with E-state index in [0.29, 0.717) is 17.5 Å². The SMILES string of the molecule is CC1CCC(C(N)=O)CN1c1csc(C(=O)O)c1. The zero-order valence-electron chi connectivity index (χ0n) is 10.1. The fraction of sp³-hybridized carbons (Fsp3) is 0.500. The van der Waals surface area contributed by atoms with Gasteiger partial charge in [0.1, 0.15) is 4.88 Å². The first-order valence-electron chi connectivity index (χ1n) is 5.87. The number of hydrogen-bond donors (Lipinski definition) is 2. The van der Waals surface area contributed by atoms with Gasteiger partial charge in [0.15, 0.2) is 0 Å². The number of nitrogens with zero attached hydrogens (tertiary/aromatic N) is 1. The van der Waals surface area contributed by atoms with E-state index in [1.54, 1.807) is 6.07 Å². The summed E-state index contributed by atoms with van der Waals surface area (Å²) in [4.78, 5) is 24.5. The monoisotopic (exact) mass is 268 g/mol. The van der Waals surface area contributed by atoms with Gasteiger partial charge in [-0.2, -0.15) is 0 Å². The number of carbonyl (C=O) groups is 2. The lowest BCUT2D eigenvalue weighted by Crippen LogP contribution is -2.45. The molecule has 2 heterocycles. The molecule has 5 nitrogen and oxygen atoms in total. The van der Waals surface area contributed by atoms with E-state index in [1.807, 2.05) is 5.38 Å². The molecule has 6 heteroatoms. The van der Waals surface area contributed by atoms with Gasteiger partial charge in [0.2, 0.25) is 5.91 Å². The van der Waals surface area contributed by atoms with Crippen molar-refractivity contribution in [2.45, 2.75) is 25.8 Å². The highest BCUT2D eigenvalue weighted by Crippen LogP contribution is 2.31. The molecule has 1 amide bonds. The smallest absolute Gasteiger partial charge is 0.345 e. The van der Waals surface area contributed by atoms with Gasteiger partial charge < -0.3 is 15.7 Å². The van der Waals surface area contributed by atoms with Gasteiger partial charge in [0.05, 0.1) is 5.92 Å². The summed E-state index contributed by atoms with van der Waals surface area (Å²) in [7, 11) is 0. The van der Waals surface area contributed by atoms with E-state index >= 15 is 0 Å². The van der Waals surface area contributed by atoms with Crippen LogP contribution < -0.4 is 10.6 Å². The molecule has 0 bridgehead atoms. The van der Waals surface area contributed by atoms with Gasteiger partial charge in [-0.05, 0) is 25.8 Å². The molecule has 1 aromatic rings. The van der Waals surface area contributed by atoms with E-state index in [1.165, 1.54) is 11.3 Å². The zero-order chi connectivity index (χ0) is 13.3. The van der Waals surface area contributed by atoms with Crippen LogP contribution in [0.25, 0.3) is 0 Å². The summed E-state index contributed by atoms with van der Waals surface area (Å²) in [5, 5.41) is 10.7. The van der Waals surface area contributed by atoms with Gasteiger partial charge in [-0.3, -0.25) is 4.79 Å². The molecular weight excluding hydrogens is 252 g/mol. The highest BCUT2D eigenvalue weighted by Gasteiger charge is 2.29. The molecule has 2 atom stereocenters. The van der Waals surface area contributed by atoms with Crippen molar-refractivity contribution < 1.29 is 14.7 Å². The highest BCUT2D eigenvalue weighted by atomic mass is 32.1. The first-order valence-corrected chi connectivity index (χ1v) is 6.74. The zero-order valence-corrected chi connectivity index (χ0v) is 10.9. The average molecular weight is 268 g/mol. The maximum Gasteiger partial charge on any atom is 0.345 e. The molecule has 18 heavy (non-hydrogen) atoms. The Morgan fingerprint density at radius 3 is 2.78 bits per heavy atom. The number of carboxylic acid groups (broad SMARTS) is 1. The number of amides is 1. The van der Waals surface area contributed by atoms with E-state index in [9.17, 15) is 9.59 Å². The Bertz CT molecular complexity index is 472. The molecule has 0 saturated carbocycles. The molecule has 1 aromatic heterocycles. The predicted molar refractivity (Wildman–Crippen MR) is 70.0 cm³/mol. The number of hydrogen-bond acceptors (Lipinski definition) is 4. The van der Waals surface area contributed by atoms with Crippen LogP contribution in [0.1, 0.15) is 29.4 Å². The lowest BCUT2D eigenvalue weighted by atomic mass is 9.92. The Morgan fingerprint density at radius 2 is 2.22 bits per heavy atom. The largest absolute Gasteiger partial charge is 0.477 e. The van der Waals surface area contributed by atoms with Crippen LogP contribution in [-0.2, 0) is 4.79 Å². The third kappa shape index (κ3) is 2.48. The number of primary amides is 1. The van der Waals surface area contributed by atoms with Crippen LogP contribution in [0.15, 0.2) is 11.4 Å². The lowest BCUT2D eigenvalue weighted by Gasteiger charge is -2.38. The van der Waals surface area contributed by atoms with Crippen LogP contribution in [-0.4, -0.2) is 29.6 Å². The molecule has 0 radical (unpaired) electrons. The third-order valence-electron chi connectivity index (χ3n) is 3.41. The summed E-state index contributed by atoms with van der Waals surface area (Å²) >= 11 is 1.21. The molecule has 1 saturated heterocycles. The molecule has 0 spiro atoms. The Hall–Kier alpha value is -1.56. The molecule has 1 aliphatic heterocycles. The van der Waals surface area contributed by atoms with E-state index < -0.39 is 5.97 Å². The quantitative estimate of drug-likeness (QED) is 0.871. The summed E-state index contributed by atoms with van der Waals surface area (Å²) < 4.78 is 0. The maximum absolute atomic E-state index is 11.3. The number of piperidine rings is 1. The fourth-order valence-electron chi connectivity index (χ4n) is 2.29. The minimum absolute atomic E-state index is 0.144. The second-order valence-corrected chi connectivity index (χ2v) is 5.56. The van der Waals surface area contributed by atoms with Gasteiger partial charge in [0.25, 0.3) is 0 Å². The molecule has 0 aliphatic carbocycles. The predicted octanol–water partition coefficient (Wildman–Crippen LogP) is 1.54. The van der Waals surface area contributed by atoms with Crippen LogP contribution in [0.4, 0.5) is 5.69 Å². The number of carbonyl (C=O) groups excluding carboxylic acids is 1. The molecule has 3 N–H and O–H groups in total. The topological polar surface area (TPSA) is 83.6 Å². The normalized spacial score (nSPS) is 23.9. The van der Waals surface area contributed by atoms with Crippen LogP contribution >= 0.6 is 11.3 Å². The fourth-order valence-corrected chi connectivity index (χ4v) is 3.03. The van der Waals surface area contributed by atoms with Gasteiger partial charge in [0, 0.05) is 23.7 Å². The van der Waals surface area contributed by atoms with Crippen molar-refractivity contribution in [1.29, 1.82) is 0 Å². The highest BCUT2D eigenvalue weighted by molar-refractivity contribution is 7.12. The van der Waals surface area contributed by atoms with Crippen LogP contribution in [0.3, 0.4) is 0 Å². The molecule has 0 aromatic carbocycles. The molecule has 98 valence electrons. The van der Waals surface area contributed by atoms with Gasteiger partial charge >= 0.3 is 5.97 Å². The summed E-state index contributed by atoms with van der Waals surface area (Å²) in [6.45, 7) is 2.65. The lowest BCUT2D eigenvalue weighted by molar-refractivity contribution is -0.122. The van der Waals surface area contributed by atoms with Crippen molar-refractivity contribution in [2.75, 3.05) is 11.4 Å².